The Labute approximate surface area is 109 Å². The van der Waals surface area contributed by atoms with Crippen LogP contribution in [0.1, 0.15) is 25.0 Å². The molecular weight excluding hydrogens is 228 g/mol. The van der Waals surface area contributed by atoms with E-state index in [9.17, 15) is 0 Å². The van der Waals surface area contributed by atoms with Crippen molar-refractivity contribution in [1.82, 2.24) is 9.55 Å². The first-order chi connectivity index (χ1) is 8.70. The third-order valence-electron chi connectivity index (χ3n) is 3.36. The number of aryl methyl sites for hydroxylation is 2. The molecule has 2 N–H and O–H groups in total. The van der Waals surface area contributed by atoms with Gasteiger partial charge in [0, 0.05) is 45.6 Å². The van der Waals surface area contributed by atoms with Gasteiger partial charge in [-0.25, -0.2) is 4.98 Å². The Bertz CT molecular complexity index is 377. The smallest absolute Gasteiger partial charge is 0.205 e. The lowest BCUT2D eigenvalue weighted by Gasteiger charge is -2.31. The zero-order valence-corrected chi connectivity index (χ0v) is 11.4. The lowest BCUT2D eigenvalue weighted by molar-refractivity contribution is 0.190. The molecule has 1 aliphatic rings. The Hall–Kier alpha value is -1.07. The van der Waals surface area contributed by atoms with Gasteiger partial charge in [-0.05, 0) is 26.2 Å². The Morgan fingerprint density at radius 2 is 2.39 bits per heavy atom. The molecule has 1 saturated heterocycles. The van der Waals surface area contributed by atoms with Crippen molar-refractivity contribution in [3.63, 3.8) is 0 Å². The Balaban J connectivity index is 2.05. The van der Waals surface area contributed by atoms with Gasteiger partial charge in [0.1, 0.15) is 0 Å². The maximum Gasteiger partial charge on any atom is 0.205 e. The monoisotopic (exact) mass is 252 g/mol. The highest BCUT2D eigenvalue weighted by Crippen LogP contribution is 2.19. The molecule has 2 rings (SSSR count). The van der Waals surface area contributed by atoms with E-state index in [1.807, 2.05) is 6.92 Å². The summed E-state index contributed by atoms with van der Waals surface area (Å²) in [5.41, 5.74) is 7.11. The van der Waals surface area contributed by atoms with E-state index in [0.717, 1.165) is 57.1 Å². The number of methoxy groups -OCH3 is 1. The van der Waals surface area contributed by atoms with Crippen LogP contribution in [0.5, 0.6) is 0 Å². The molecule has 0 spiro atoms. The number of rotatable bonds is 5. The van der Waals surface area contributed by atoms with Crippen molar-refractivity contribution in [2.45, 2.75) is 38.8 Å². The number of anilines is 1. The van der Waals surface area contributed by atoms with E-state index in [1.54, 1.807) is 7.11 Å². The van der Waals surface area contributed by atoms with Crippen LogP contribution in [0.2, 0.25) is 0 Å². The summed E-state index contributed by atoms with van der Waals surface area (Å²) < 4.78 is 7.33. The quantitative estimate of drug-likeness (QED) is 0.799. The highest BCUT2D eigenvalue weighted by Gasteiger charge is 2.20. The van der Waals surface area contributed by atoms with Crippen molar-refractivity contribution in [3.05, 3.63) is 11.9 Å². The van der Waals surface area contributed by atoms with E-state index >= 15 is 0 Å². The van der Waals surface area contributed by atoms with Gasteiger partial charge >= 0.3 is 0 Å². The normalized spacial score (nSPS) is 20.4. The predicted octanol–water partition coefficient (Wildman–Crippen LogP) is 1.16. The van der Waals surface area contributed by atoms with Crippen molar-refractivity contribution >= 4 is 5.95 Å². The fourth-order valence-electron chi connectivity index (χ4n) is 2.52. The Morgan fingerprint density at radius 3 is 3.11 bits per heavy atom. The molecule has 5 heteroatoms. The molecular formula is C13H24N4O. The summed E-state index contributed by atoms with van der Waals surface area (Å²) >= 11 is 0. The highest BCUT2D eigenvalue weighted by molar-refractivity contribution is 5.34. The van der Waals surface area contributed by atoms with E-state index in [1.165, 1.54) is 0 Å². The maximum atomic E-state index is 6.04. The molecule has 1 aromatic rings. The van der Waals surface area contributed by atoms with Crippen LogP contribution >= 0.6 is 0 Å². The molecule has 18 heavy (non-hydrogen) atoms. The Kier molecular flexibility index (Phi) is 4.60. The van der Waals surface area contributed by atoms with Crippen LogP contribution in [0.25, 0.3) is 0 Å². The van der Waals surface area contributed by atoms with E-state index in [2.05, 4.69) is 20.6 Å². The fourth-order valence-corrected chi connectivity index (χ4v) is 2.52. The van der Waals surface area contributed by atoms with Gasteiger partial charge in [0.2, 0.25) is 5.95 Å². The molecule has 5 nitrogen and oxygen atoms in total. The lowest BCUT2D eigenvalue weighted by Crippen LogP contribution is -2.44. The van der Waals surface area contributed by atoms with E-state index in [4.69, 9.17) is 10.5 Å². The van der Waals surface area contributed by atoms with Crippen LogP contribution in [0, 0.1) is 6.92 Å². The minimum Gasteiger partial charge on any atom is -0.385 e. The second kappa shape index (κ2) is 6.20. The van der Waals surface area contributed by atoms with Gasteiger partial charge < -0.3 is 19.9 Å². The molecule has 102 valence electrons. The van der Waals surface area contributed by atoms with Crippen molar-refractivity contribution in [3.8, 4) is 0 Å². The molecule has 0 bridgehead atoms. The van der Waals surface area contributed by atoms with Crippen molar-refractivity contribution in [2.24, 2.45) is 5.73 Å². The molecule has 1 fully saturated rings. The van der Waals surface area contributed by atoms with Crippen LogP contribution in [-0.2, 0) is 11.3 Å². The van der Waals surface area contributed by atoms with Gasteiger partial charge in [0.05, 0.1) is 5.69 Å². The third kappa shape index (κ3) is 3.23. The lowest BCUT2D eigenvalue weighted by atomic mass is 10.1. The summed E-state index contributed by atoms with van der Waals surface area (Å²) in [5.74, 6) is 1.07. The number of imidazole rings is 1. The minimum absolute atomic E-state index is 0.281. The van der Waals surface area contributed by atoms with Gasteiger partial charge in [0.15, 0.2) is 0 Å². The second-order valence-corrected chi connectivity index (χ2v) is 5.07. The molecule has 1 aromatic heterocycles. The summed E-state index contributed by atoms with van der Waals surface area (Å²) in [7, 11) is 1.74. The summed E-state index contributed by atoms with van der Waals surface area (Å²) in [6.45, 7) is 5.77. The van der Waals surface area contributed by atoms with Crippen LogP contribution in [0.15, 0.2) is 6.20 Å². The summed E-state index contributed by atoms with van der Waals surface area (Å²) in [4.78, 5) is 6.95. The van der Waals surface area contributed by atoms with Crippen LogP contribution < -0.4 is 10.6 Å². The van der Waals surface area contributed by atoms with E-state index < -0.39 is 0 Å². The van der Waals surface area contributed by atoms with Gasteiger partial charge in [-0.3, -0.25) is 0 Å². The molecule has 0 unspecified atom stereocenters. The van der Waals surface area contributed by atoms with Gasteiger partial charge in [0.25, 0.3) is 0 Å². The SMILES string of the molecule is COCCCn1cc(C)nc1N1CCC[C@@H](N)C1. The van der Waals surface area contributed by atoms with E-state index in [-0.39, 0.29) is 6.04 Å². The van der Waals surface area contributed by atoms with Crippen molar-refractivity contribution in [2.75, 3.05) is 31.7 Å². The summed E-state index contributed by atoms with van der Waals surface area (Å²) in [5, 5.41) is 0. The first-order valence-corrected chi connectivity index (χ1v) is 6.74. The van der Waals surface area contributed by atoms with Crippen LogP contribution in [0.3, 0.4) is 0 Å². The number of aromatic nitrogens is 2. The highest BCUT2D eigenvalue weighted by atomic mass is 16.5. The molecule has 0 saturated carbocycles. The van der Waals surface area contributed by atoms with Crippen LogP contribution in [-0.4, -0.2) is 42.4 Å². The number of hydrogen-bond donors (Lipinski definition) is 1. The number of nitrogens with zero attached hydrogens (tertiary/aromatic N) is 3. The van der Waals surface area contributed by atoms with Gasteiger partial charge in [-0.15, -0.1) is 0 Å². The predicted molar refractivity (Wildman–Crippen MR) is 72.9 cm³/mol. The zero-order chi connectivity index (χ0) is 13.0. The second-order valence-electron chi connectivity index (χ2n) is 5.07. The van der Waals surface area contributed by atoms with Crippen LogP contribution in [0.4, 0.5) is 5.95 Å². The first kappa shape index (κ1) is 13.4. The number of ether oxygens (including phenoxy) is 1. The number of nitrogens with two attached hydrogens (primary N) is 1. The average Bonchev–Trinajstić information content (AvgIpc) is 2.71. The minimum atomic E-state index is 0.281. The average molecular weight is 252 g/mol. The molecule has 0 radical (unpaired) electrons. The molecule has 0 aromatic carbocycles. The molecule has 2 heterocycles. The largest absolute Gasteiger partial charge is 0.385 e. The first-order valence-electron chi connectivity index (χ1n) is 6.74. The summed E-state index contributed by atoms with van der Waals surface area (Å²) in [6.07, 6.45) is 5.41. The van der Waals surface area contributed by atoms with Gasteiger partial charge in [-0.1, -0.05) is 0 Å². The fraction of sp³-hybridized carbons (Fsp3) is 0.769. The zero-order valence-electron chi connectivity index (χ0n) is 11.4. The Morgan fingerprint density at radius 1 is 1.56 bits per heavy atom. The maximum absolute atomic E-state index is 6.04. The number of piperidine rings is 1. The summed E-state index contributed by atoms with van der Waals surface area (Å²) in [6, 6.07) is 0.281. The topological polar surface area (TPSA) is 56.3 Å². The number of hydrogen-bond acceptors (Lipinski definition) is 4. The van der Waals surface area contributed by atoms with E-state index in [0.29, 0.717) is 0 Å². The van der Waals surface area contributed by atoms with Crippen molar-refractivity contribution < 1.29 is 4.74 Å². The molecule has 0 amide bonds. The van der Waals surface area contributed by atoms with Gasteiger partial charge in [-0.2, -0.15) is 0 Å². The molecule has 0 aliphatic carbocycles. The van der Waals surface area contributed by atoms with Crippen molar-refractivity contribution in [1.29, 1.82) is 0 Å². The third-order valence-corrected chi connectivity index (χ3v) is 3.36. The standard InChI is InChI=1S/C13H24N4O/c1-11-9-16(7-4-8-18-2)13(15-11)17-6-3-5-12(14)10-17/h9,12H,3-8,10,14H2,1-2H3/t12-/m1/s1. The molecule has 1 aliphatic heterocycles. The molecule has 1 atom stereocenters.